The number of carboxylic acid groups (broad SMARTS) is 1. The number of rotatable bonds is 9. The molecule has 1 atom stereocenters. The standard InChI is InChI=1S/C15H28N2O3/c1-2-12(5-6-13(18)19)7-10-17-14(20)15(11-16)8-3-4-9-15/h12H,2-11,16H2,1H3,(H,17,20)(H,18,19). The van der Waals surface area contributed by atoms with Crippen LogP contribution in [0, 0.1) is 11.3 Å². The lowest BCUT2D eigenvalue weighted by Crippen LogP contribution is -2.44. The third kappa shape index (κ3) is 4.78. The van der Waals surface area contributed by atoms with Gasteiger partial charge in [0.1, 0.15) is 0 Å². The number of nitrogens with two attached hydrogens (primary N) is 1. The van der Waals surface area contributed by atoms with Gasteiger partial charge in [0.25, 0.3) is 0 Å². The van der Waals surface area contributed by atoms with E-state index in [1.165, 1.54) is 0 Å². The summed E-state index contributed by atoms with van der Waals surface area (Å²) < 4.78 is 0. The maximum absolute atomic E-state index is 12.2. The highest BCUT2D eigenvalue weighted by Crippen LogP contribution is 2.37. The van der Waals surface area contributed by atoms with Crippen molar-refractivity contribution in [3.05, 3.63) is 0 Å². The Morgan fingerprint density at radius 3 is 2.45 bits per heavy atom. The van der Waals surface area contributed by atoms with E-state index in [0.29, 0.717) is 25.4 Å². The molecule has 4 N–H and O–H groups in total. The van der Waals surface area contributed by atoms with Crippen LogP contribution in [-0.2, 0) is 9.59 Å². The summed E-state index contributed by atoms with van der Waals surface area (Å²) >= 11 is 0. The second-order valence-corrected chi connectivity index (χ2v) is 5.94. The van der Waals surface area contributed by atoms with Crippen LogP contribution in [0.3, 0.4) is 0 Å². The van der Waals surface area contributed by atoms with Crippen LogP contribution in [0.2, 0.25) is 0 Å². The van der Waals surface area contributed by atoms with Gasteiger partial charge in [-0.3, -0.25) is 9.59 Å². The predicted octanol–water partition coefficient (Wildman–Crippen LogP) is 1.90. The third-order valence-corrected chi connectivity index (χ3v) is 4.62. The maximum atomic E-state index is 12.2. The molecule has 0 aromatic carbocycles. The van der Waals surface area contributed by atoms with Gasteiger partial charge in [0.15, 0.2) is 0 Å². The van der Waals surface area contributed by atoms with Crippen molar-refractivity contribution in [1.82, 2.24) is 5.32 Å². The van der Waals surface area contributed by atoms with Crippen LogP contribution in [0.25, 0.3) is 0 Å². The Balaban J connectivity index is 2.31. The summed E-state index contributed by atoms with van der Waals surface area (Å²) in [5.74, 6) is -0.296. The molecule has 0 radical (unpaired) electrons. The summed E-state index contributed by atoms with van der Waals surface area (Å²) in [5.41, 5.74) is 5.44. The zero-order valence-corrected chi connectivity index (χ0v) is 12.5. The number of hydrogen-bond acceptors (Lipinski definition) is 3. The van der Waals surface area contributed by atoms with E-state index in [4.69, 9.17) is 10.8 Å². The molecular formula is C15H28N2O3. The molecule has 0 spiro atoms. The molecule has 1 fully saturated rings. The second-order valence-electron chi connectivity index (χ2n) is 5.94. The van der Waals surface area contributed by atoms with Gasteiger partial charge in [-0.2, -0.15) is 0 Å². The van der Waals surface area contributed by atoms with Crippen LogP contribution in [0.1, 0.15) is 58.3 Å². The van der Waals surface area contributed by atoms with Crippen LogP contribution in [0.5, 0.6) is 0 Å². The van der Waals surface area contributed by atoms with Crippen molar-refractivity contribution in [3.8, 4) is 0 Å². The summed E-state index contributed by atoms with van der Waals surface area (Å²) in [4.78, 5) is 22.8. The average molecular weight is 284 g/mol. The van der Waals surface area contributed by atoms with Crippen molar-refractivity contribution in [2.75, 3.05) is 13.1 Å². The van der Waals surface area contributed by atoms with Gasteiger partial charge in [-0.1, -0.05) is 26.2 Å². The number of nitrogens with one attached hydrogen (secondary N) is 1. The van der Waals surface area contributed by atoms with E-state index >= 15 is 0 Å². The fourth-order valence-electron chi connectivity index (χ4n) is 3.03. The summed E-state index contributed by atoms with van der Waals surface area (Å²) in [5, 5.41) is 11.7. The van der Waals surface area contributed by atoms with Gasteiger partial charge in [0.05, 0.1) is 5.41 Å². The Morgan fingerprint density at radius 2 is 1.95 bits per heavy atom. The molecule has 5 nitrogen and oxygen atoms in total. The topological polar surface area (TPSA) is 92.4 Å². The van der Waals surface area contributed by atoms with Crippen LogP contribution < -0.4 is 11.1 Å². The molecule has 0 aromatic rings. The molecule has 20 heavy (non-hydrogen) atoms. The highest BCUT2D eigenvalue weighted by Gasteiger charge is 2.39. The largest absolute Gasteiger partial charge is 0.481 e. The Bertz CT molecular complexity index is 325. The molecule has 5 heteroatoms. The van der Waals surface area contributed by atoms with Gasteiger partial charge in [-0.05, 0) is 31.6 Å². The van der Waals surface area contributed by atoms with Crippen LogP contribution in [0.15, 0.2) is 0 Å². The molecule has 1 rings (SSSR count). The SMILES string of the molecule is CCC(CCNC(=O)C1(CN)CCCC1)CCC(=O)O. The van der Waals surface area contributed by atoms with E-state index in [1.807, 2.05) is 0 Å². The number of hydrogen-bond donors (Lipinski definition) is 3. The lowest BCUT2D eigenvalue weighted by atomic mass is 9.85. The lowest BCUT2D eigenvalue weighted by Gasteiger charge is -2.26. The molecule has 1 aliphatic rings. The molecule has 1 unspecified atom stereocenters. The third-order valence-electron chi connectivity index (χ3n) is 4.62. The Hall–Kier alpha value is -1.10. The summed E-state index contributed by atoms with van der Waals surface area (Å²) in [6, 6.07) is 0. The van der Waals surface area contributed by atoms with Crippen LogP contribution >= 0.6 is 0 Å². The molecule has 0 aliphatic heterocycles. The first-order valence-corrected chi connectivity index (χ1v) is 7.74. The normalized spacial score (nSPS) is 18.7. The molecular weight excluding hydrogens is 256 g/mol. The van der Waals surface area contributed by atoms with Crippen molar-refractivity contribution in [1.29, 1.82) is 0 Å². The van der Waals surface area contributed by atoms with Crippen molar-refractivity contribution < 1.29 is 14.7 Å². The Morgan fingerprint density at radius 1 is 1.30 bits per heavy atom. The van der Waals surface area contributed by atoms with E-state index in [-0.39, 0.29) is 17.7 Å². The zero-order chi connectivity index (χ0) is 15.0. The fourth-order valence-corrected chi connectivity index (χ4v) is 3.03. The highest BCUT2D eigenvalue weighted by atomic mass is 16.4. The van der Waals surface area contributed by atoms with Crippen LogP contribution in [0.4, 0.5) is 0 Å². The first kappa shape index (κ1) is 17.0. The van der Waals surface area contributed by atoms with Crippen LogP contribution in [-0.4, -0.2) is 30.1 Å². The van der Waals surface area contributed by atoms with Gasteiger partial charge >= 0.3 is 5.97 Å². The summed E-state index contributed by atoms with van der Waals surface area (Å²) in [7, 11) is 0. The minimum atomic E-state index is -0.750. The number of carbonyl (C=O) groups excluding carboxylic acids is 1. The van der Waals surface area contributed by atoms with E-state index in [9.17, 15) is 9.59 Å². The number of aliphatic carboxylic acids is 1. The Labute approximate surface area is 121 Å². The molecule has 1 saturated carbocycles. The number of amides is 1. The first-order valence-electron chi connectivity index (χ1n) is 7.74. The second kappa shape index (κ2) is 8.25. The molecule has 0 aromatic heterocycles. The van der Waals surface area contributed by atoms with Gasteiger partial charge in [0, 0.05) is 19.5 Å². The molecule has 0 saturated heterocycles. The van der Waals surface area contributed by atoms with E-state index < -0.39 is 5.97 Å². The average Bonchev–Trinajstić information content (AvgIpc) is 2.92. The number of carbonyl (C=O) groups is 2. The van der Waals surface area contributed by atoms with E-state index in [2.05, 4.69) is 12.2 Å². The minimum Gasteiger partial charge on any atom is -0.481 e. The maximum Gasteiger partial charge on any atom is 0.303 e. The minimum absolute atomic E-state index is 0.0885. The number of carboxylic acids is 1. The van der Waals surface area contributed by atoms with Crippen molar-refractivity contribution in [2.45, 2.75) is 58.3 Å². The molecule has 116 valence electrons. The predicted molar refractivity (Wildman–Crippen MR) is 78.2 cm³/mol. The summed E-state index contributed by atoms with van der Waals surface area (Å²) in [6.07, 6.45) is 6.64. The highest BCUT2D eigenvalue weighted by molar-refractivity contribution is 5.83. The molecule has 1 aliphatic carbocycles. The van der Waals surface area contributed by atoms with Gasteiger partial charge in [-0.15, -0.1) is 0 Å². The van der Waals surface area contributed by atoms with Crippen molar-refractivity contribution in [2.24, 2.45) is 17.1 Å². The monoisotopic (exact) mass is 284 g/mol. The first-order chi connectivity index (χ1) is 9.54. The lowest BCUT2D eigenvalue weighted by molar-refractivity contribution is -0.137. The smallest absolute Gasteiger partial charge is 0.303 e. The quantitative estimate of drug-likeness (QED) is 0.603. The molecule has 0 heterocycles. The summed E-state index contributed by atoms with van der Waals surface area (Å²) in [6.45, 7) is 3.11. The molecule has 0 bridgehead atoms. The van der Waals surface area contributed by atoms with Crippen molar-refractivity contribution in [3.63, 3.8) is 0 Å². The van der Waals surface area contributed by atoms with E-state index in [1.54, 1.807) is 0 Å². The fraction of sp³-hybridized carbons (Fsp3) is 0.867. The zero-order valence-electron chi connectivity index (χ0n) is 12.5. The van der Waals surface area contributed by atoms with Gasteiger partial charge in [-0.25, -0.2) is 0 Å². The van der Waals surface area contributed by atoms with Gasteiger partial charge < -0.3 is 16.2 Å². The Kier molecular flexibility index (Phi) is 6.99. The van der Waals surface area contributed by atoms with Gasteiger partial charge in [0.2, 0.25) is 5.91 Å². The molecule has 1 amide bonds. The van der Waals surface area contributed by atoms with E-state index in [0.717, 1.165) is 38.5 Å². The van der Waals surface area contributed by atoms with Crippen molar-refractivity contribution >= 4 is 11.9 Å².